The number of ether oxygens (including phenoxy) is 1. The number of hydrogen-bond acceptors (Lipinski definition) is 4. The maximum absolute atomic E-state index is 12.8. The van der Waals surface area contributed by atoms with Crippen molar-refractivity contribution >= 4 is 44.8 Å². The smallest absolute Gasteiger partial charge is 0.264 e. The molecular weight excluding hydrogens is 450 g/mol. The maximum Gasteiger partial charge on any atom is 0.264 e. The number of aromatic nitrogens is 2. The van der Waals surface area contributed by atoms with Gasteiger partial charge in [0.25, 0.3) is 5.91 Å². The normalized spacial score (nSPS) is 10.8. The molecule has 1 aromatic carbocycles. The molecular formula is C19H19BrClN3O2S. The zero-order valence-corrected chi connectivity index (χ0v) is 18.1. The molecule has 8 heteroatoms. The van der Waals surface area contributed by atoms with Crippen LogP contribution in [0.15, 0.2) is 46.4 Å². The number of thiophene rings is 1. The van der Waals surface area contributed by atoms with Gasteiger partial charge in [-0.2, -0.15) is 5.10 Å². The molecule has 0 spiro atoms. The molecule has 2 heterocycles. The Kier molecular flexibility index (Phi) is 6.57. The highest BCUT2D eigenvalue weighted by Gasteiger charge is 2.18. The Bertz CT molecular complexity index is 941. The number of carbonyl (C=O) groups excluding carboxylic acids is 1. The maximum atomic E-state index is 12.8. The van der Waals surface area contributed by atoms with Crippen LogP contribution >= 0.6 is 38.9 Å². The van der Waals surface area contributed by atoms with E-state index < -0.39 is 0 Å². The average molecular weight is 469 g/mol. The van der Waals surface area contributed by atoms with Crippen molar-refractivity contribution in [2.45, 2.75) is 26.6 Å². The summed E-state index contributed by atoms with van der Waals surface area (Å²) < 4.78 is 8.53. The Morgan fingerprint density at radius 2 is 2.19 bits per heavy atom. The summed E-state index contributed by atoms with van der Waals surface area (Å²) in [6, 6.07) is 9.20. The SMILES string of the molecule is CCn1ncc(Br)c1CN(C)C(=O)c1cc(COc2ccccc2Cl)cs1. The lowest BCUT2D eigenvalue weighted by Crippen LogP contribution is -2.27. The molecule has 0 N–H and O–H groups in total. The van der Waals surface area contributed by atoms with Crippen LogP contribution in [0.25, 0.3) is 0 Å². The minimum absolute atomic E-state index is 0.0280. The lowest BCUT2D eigenvalue weighted by molar-refractivity contribution is 0.0786. The molecule has 27 heavy (non-hydrogen) atoms. The van der Waals surface area contributed by atoms with Gasteiger partial charge in [-0.15, -0.1) is 11.3 Å². The van der Waals surface area contributed by atoms with Crippen molar-refractivity contribution in [3.05, 3.63) is 67.5 Å². The number of hydrogen-bond donors (Lipinski definition) is 0. The van der Waals surface area contributed by atoms with E-state index in [0.717, 1.165) is 22.3 Å². The van der Waals surface area contributed by atoms with E-state index in [4.69, 9.17) is 16.3 Å². The van der Waals surface area contributed by atoms with E-state index in [-0.39, 0.29) is 5.91 Å². The van der Waals surface area contributed by atoms with Crippen LogP contribution in [0, 0.1) is 0 Å². The number of nitrogens with zero attached hydrogens (tertiary/aromatic N) is 3. The summed E-state index contributed by atoms with van der Waals surface area (Å²) in [7, 11) is 1.79. The number of carbonyl (C=O) groups is 1. The van der Waals surface area contributed by atoms with Crippen molar-refractivity contribution in [2.75, 3.05) is 7.05 Å². The van der Waals surface area contributed by atoms with E-state index >= 15 is 0 Å². The number of aryl methyl sites for hydroxylation is 1. The highest BCUT2D eigenvalue weighted by atomic mass is 79.9. The molecule has 0 atom stereocenters. The second-order valence-electron chi connectivity index (χ2n) is 5.95. The molecule has 3 rings (SSSR count). The first-order valence-corrected chi connectivity index (χ1v) is 10.4. The van der Waals surface area contributed by atoms with E-state index in [1.165, 1.54) is 11.3 Å². The van der Waals surface area contributed by atoms with Crippen molar-refractivity contribution in [1.29, 1.82) is 0 Å². The third-order valence-corrected chi connectivity index (χ3v) is 5.97. The number of amides is 1. The van der Waals surface area contributed by atoms with Crippen molar-refractivity contribution in [3.8, 4) is 5.75 Å². The monoisotopic (exact) mass is 467 g/mol. The fraction of sp³-hybridized carbons (Fsp3) is 0.263. The largest absolute Gasteiger partial charge is 0.487 e. The van der Waals surface area contributed by atoms with E-state index in [2.05, 4.69) is 21.0 Å². The molecule has 0 saturated heterocycles. The lowest BCUT2D eigenvalue weighted by Gasteiger charge is -2.17. The summed E-state index contributed by atoms with van der Waals surface area (Å²) in [4.78, 5) is 15.1. The second-order valence-corrected chi connectivity index (χ2v) is 8.13. The second kappa shape index (κ2) is 8.91. The van der Waals surface area contributed by atoms with Gasteiger partial charge in [-0.25, -0.2) is 0 Å². The summed E-state index contributed by atoms with van der Waals surface area (Å²) in [5, 5.41) is 6.80. The van der Waals surface area contributed by atoms with Gasteiger partial charge in [-0.3, -0.25) is 9.48 Å². The highest BCUT2D eigenvalue weighted by Crippen LogP contribution is 2.25. The predicted octanol–water partition coefficient (Wildman–Crippen LogP) is 5.23. The van der Waals surface area contributed by atoms with Gasteiger partial charge in [-0.1, -0.05) is 23.7 Å². The Balaban J connectivity index is 1.64. The fourth-order valence-corrected chi connectivity index (χ4v) is 4.09. The van der Waals surface area contributed by atoms with Gasteiger partial charge >= 0.3 is 0 Å². The van der Waals surface area contributed by atoms with Gasteiger partial charge in [0.2, 0.25) is 0 Å². The van der Waals surface area contributed by atoms with Gasteiger partial charge in [0.05, 0.1) is 32.8 Å². The van der Waals surface area contributed by atoms with Crippen LogP contribution in [0.5, 0.6) is 5.75 Å². The van der Waals surface area contributed by atoms with E-state index in [1.54, 1.807) is 24.2 Å². The van der Waals surface area contributed by atoms with Crippen molar-refractivity contribution in [2.24, 2.45) is 0 Å². The summed E-state index contributed by atoms with van der Waals surface area (Å²) in [6.45, 7) is 3.63. The summed E-state index contributed by atoms with van der Waals surface area (Å²) in [5.74, 6) is 0.604. The van der Waals surface area contributed by atoms with Crippen LogP contribution in [0.2, 0.25) is 5.02 Å². The molecule has 5 nitrogen and oxygen atoms in total. The standard InChI is InChI=1S/C19H19BrClN3O2S/c1-3-24-16(14(20)9-22-24)10-23(2)19(25)18-8-13(12-27-18)11-26-17-7-5-4-6-15(17)21/h4-9,12H,3,10-11H2,1-2H3. The molecule has 1 amide bonds. The third kappa shape index (κ3) is 4.72. The van der Waals surface area contributed by atoms with Crippen LogP contribution in [-0.4, -0.2) is 27.6 Å². The van der Waals surface area contributed by atoms with E-state index in [1.807, 2.05) is 41.3 Å². The van der Waals surface area contributed by atoms with Crippen LogP contribution < -0.4 is 4.74 Å². The molecule has 0 bridgehead atoms. The van der Waals surface area contributed by atoms with Crippen LogP contribution in [0.3, 0.4) is 0 Å². The van der Waals surface area contributed by atoms with Gasteiger partial charge in [0.15, 0.2) is 0 Å². The Morgan fingerprint density at radius 3 is 2.93 bits per heavy atom. The highest BCUT2D eigenvalue weighted by molar-refractivity contribution is 9.10. The molecule has 3 aromatic rings. The van der Waals surface area contributed by atoms with Gasteiger partial charge in [0, 0.05) is 19.2 Å². The summed E-state index contributed by atoms with van der Waals surface area (Å²) in [5.41, 5.74) is 1.92. The zero-order valence-electron chi connectivity index (χ0n) is 15.0. The Labute approximate surface area is 175 Å². The molecule has 0 aliphatic rings. The minimum atomic E-state index is -0.0280. The number of halogens is 2. The number of rotatable bonds is 7. The first kappa shape index (κ1) is 19.9. The molecule has 2 aromatic heterocycles. The molecule has 0 fully saturated rings. The summed E-state index contributed by atoms with van der Waals surface area (Å²) >= 11 is 11.0. The topological polar surface area (TPSA) is 47.4 Å². The lowest BCUT2D eigenvalue weighted by atomic mass is 10.3. The van der Waals surface area contributed by atoms with Crippen molar-refractivity contribution in [3.63, 3.8) is 0 Å². The van der Waals surface area contributed by atoms with Gasteiger partial charge < -0.3 is 9.64 Å². The Morgan fingerprint density at radius 1 is 1.41 bits per heavy atom. The molecule has 142 valence electrons. The molecule has 0 saturated carbocycles. The zero-order chi connectivity index (χ0) is 19.4. The van der Waals surface area contributed by atoms with Crippen molar-refractivity contribution in [1.82, 2.24) is 14.7 Å². The number of benzene rings is 1. The molecule has 0 radical (unpaired) electrons. The molecule has 0 aliphatic carbocycles. The average Bonchev–Trinajstić information content (AvgIpc) is 3.27. The van der Waals surface area contributed by atoms with Crippen LogP contribution in [-0.2, 0) is 19.7 Å². The first-order chi connectivity index (χ1) is 13.0. The van der Waals surface area contributed by atoms with Crippen LogP contribution in [0.4, 0.5) is 0 Å². The predicted molar refractivity (Wildman–Crippen MR) is 112 cm³/mol. The molecule has 0 unspecified atom stereocenters. The van der Waals surface area contributed by atoms with E-state index in [0.29, 0.717) is 28.8 Å². The third-order valence-electron chi connectivity index (χ3n) is 4.03. The fourth-order valence-electron chi connectivity index (χ4n) is 2.59. The Hall–Kier alpha value is -1.83. The summed E-state index contributed by atoms with van der Waals surface area (Å²) in [6.07, 6.45) is 1.76. The first-order valence-electron chi connectivity index (χ1n) is 8.40. The van der Waals surface area contributed by atoms with Gasteiger partial charge in [0.1, 0.15) is 12.4 Å². The van der Waals surface area contributed by atoms with E-state index in [9.17, 15) is 4.79 Å². The van der Waals surface area contributed by atoms with Crippen LogP contribution in [0.1, 0.15) is 27.9 Å². The van der Waals surface area contributed by atoms with Crippen molar-refractivity contribution < 1.29 is 9.53 Å². The van der Waals surface area contributed by atoms with Gasteiger partial charge in [-0.05, 0) is 46.4 Å². The quantitative estimate of drug-likeness (QED) is 0.477. The molecule has 0 aliphatic heterocycles. The number of para-hydroxylation sites is 1. The minimum Gasteiger partial charge on any atom is -0.487 e.